The fourth-order valence-corrected chi connectivity index (χ4v) is 3.44. The first-order chi connectivity index (χ1) is 13.5. The lowest BCUT2D eigenvalue weighted by Crippen LogP contribution is -2.39. The molecule has 0 aliphatic carbocycles. The van der Waals surface area contributed by atoms with Crippen molar-refractivity contribution in [2.75, 3.05) is 13.7 Å². The number of carbonyl (C=O) groups is 1. The highest BCUT2D eigenvalue weighted by molar-refractivity contribution is 6.31. The Hall–Kier alpha value is -2.53. The summed E-state index contributed by atoms with van der Waals surface area (Å²) >= 11 is 6.30. The van der Waals surface area contributed by atoms with Gasteiger partial charge in [-0.25, -0.2) is 0 Å². The normalized spacial score (nSPS) is 15.9. The summed E-state index contributed by atoms with van der Waals surface area (Å²) in [6.45, 7) is 4.69. The van der Waals surface area contributed by atoms with Gasteiger partial charge in [0.05, 0.1) is 19.4 Å². The van der Waals surface area contributed by atoms with E-state index in [0.29, 0.717) is 24.5 Å². The highest BCUT2D eigenvalue weighted by atomic mass is 35.5. The van der Waals surface area contributed by atoms with Crippen molar-refractivity contribution in [2.24, 2.45) is 11.1 Å². The van der Waals surface area contributed by atoms with E-state index < -0.39 is 0 Å². The minimum Gasteiger partial charge on any atom is -0.496 e. The Morgan fingerprint density at radius 1 is 1.25 bits per heavy atom. The molecule has 148 valence electrons. The van der Waals surface area contributed by atoms with Crippen molar-refractivity contribution in [1.82, 2.24) is 4.90 Å². The van der Waals surface area contributed by atoms with Crippen LogP contribution in [-0.2, 0) is 16.2 Å². The second-order valence-electron chi connectivity index (χ2n) is 7.13. The molecule has 0 saturated carbocycles. The van der Waals surface area contributed by atoms with Gasteiger partial charge in [0.2, 0.25) is 5.91 Å². The molecule has 28 heavy (non-hydrogen) atoms. The molecule has 1 aliphatic rings. The zero-order valence-electron chi connectivity index (χ0n) is 16.4. The molecule has 0 spiro atoms. The largest absolute Gasteiger partial charge is 0.496 e. The molecular weight excluding hydrogens is 376 g/mol. The van der Waals surface area contributed by atoms with Gasteiger partial charge in [-0.3, -0.25) is 4.79 Å². The third-order valence-corrected chi connectivity index (χ3v) is 5.07. The van der Waals surface area contributed by atoms with E-state index in [4.69, 9.17) is 21.2 Å². The smallest absolute Gasteiger partial charge is 0.225 e. The Morgan fingerprint density at radius 2 is 1.96 bits per heavy atom. The van der Waals surface area contributed by atoms with Crippen molar-refractivity contribution in [3.8, 4) is 5.75 Å². The number of carbonyl (C=O) groups excluding carboxylic acids is 1. The van der Waals surface area contributed by atoms with Gasteiger partial charge in [-0.05, 0) is 23.8 Å². The average molecular weight is 401 g/mol. The zero-order chi connectivity index (χ0) is 20.1. The second kappa shape index (κ2) is 9.11. The number of hydrogen-bond acceptors (Lipinski definition) is 4. The van der Waals surface area contributed by atoms with E-state index in [0.717, 1.165) is 22.6 Å². The number of nitrogens with zero attached hydrogens (tertiary/aromatic N) is 2. The van der Waals surface area contributed by atoms with Gasteiger partial charge in [0.25, 0.3) is 0 Å². The van der Waals surface area contributed by atoms with Crippen molar-refractivity contribution >= 4 is 23.2 Å². The maximum absolute atomic E-state index is 12.8. The average Bonchev–Trinajstić information content (AvgIpc) is 3.16. The van der Waals surface area contributed by atoms with E-state index in [1.165, 1.54) is 0 Å². The standard InChI is InChI=1S/C22H25ClN2O3/c1-15(2)22(26)25(13-16-8-4-6-10-19(16)23)14-17-12-20(24-28-17)18-9-5-7-11-21(18)27-3/h4-11,15,17H,12-14H2,1-3H3/t17-/m1/s1. The van der Waals surface area contributed by atoms with Gasteiger partial charge in [0, 0.05) is 29.5 Å². The minimum absolute atomic E-state index is 0.0641. The molecule has 1 amide bonds. The van der Waals surface area contributed by atoms with Gasteiger partial charge < -0.3 is 14.5 Å². The number of methoxy groups -OCH3 is 1. The van der Waals surface area contributed by atoms with Crippen LogP contribution in [0.25, 0.3) is 0 Å². The Labute approximate surface area is 170 Å². The van der Waals surface area contributed by atoms with Gasteiger partial charge in [-0.1, -0.05) is 60.9 Å². The van der Waals surface area contributed by atoms with Gasteiger partial charge >= 0.3 is 0 Å². The van der Waals surface area contributed by atoms with Crippen molar-refractivity contribution in [1.29, 1.82) is 0 Å². The lowest BCUT2D eigenvalue weighted by molar-refractivity contribution is -0.136. The molecule has 0 saturated heterocycles. The van der Waals surface area contributed by atoms with Gasteiger partial charge in [0.1, 0.15) is 5.75 Å². The van der Waals surface area contributed by atoms with Crippen LogP contribution in [0.2, 0.25) is 5.02 Å². The highest BCUT2D eigenvalue weighted by Crippen LogP contribution is 2.26. The Kier molecular flexibility index (Phi) is 6.57. The fraction of sp³-hybridized carbons (Fsp3) is 0.364. The third-order valence-electron chi connectivity index (χ3n) is 4.70. The summed E-state index contributed by atoms with van der Waals surface area (Å²) in [4.78, 5) is 20.2. The number of benzene rings is 2. The molecule has 1 heterocycles. The summed E-state index contributed by atoms with van der Waals surface area (Å²) in [5.74, 6) is 0.712. The van der Waals surface area contributed by atoms with Crippen molar-refractivity contribution < 1.29 is 14.4 Å². The number of oxime groups is 1. The molecule has 0 unspecified atom stereocenters. The Balaban J connectivity index is 1.72. The van der Waals surface area contributed by atoms with E-state index in [1.54, 1.807) is 12.0 Å². The highest BCUT2D eigenvalue weighted by Gasteiger charge is 2.29. The molecule has 5 nitrogen and oxygen atoms in total. The Morgan fingerprint density at radius 3 is 2.68 bits per heavy atom. The van der Waals surface area contributed by atoms with Crippen molar-refractivity contribution in [3.05, 3.63) is 64.7 Å². The minimum atomic E-state index is -0.204. The molecule has 2 aromatic rings. The predicted molar refractivity (Wildman–Crippen MR) is 111 cm³/mol. The SMILES string of the molecule is COc1ccccc1C1=NO[C@@H](CN(Cc2ccccc2Cl)C(=O)C(C)C)C1. The molecule has 1 aliphatic heterocycles. The van der Waals surface area contributed by atoms with E-state index in [1.807, 2.05) is 62.4 Å². The zero-order valence-corrected chi connectivity index (χ0v) is 17.1. The number of ether oxygens (including phenoxy) is 1. The molecule has 0 bridgehead atoms. The Bertz CT molecular complexity index is 866. The molecule has 6 heteroatoms. The molecule has 0 aromatic heterocycles. The van der Waals surface area contributed by atoms with Crippen LogP contribution in [0.4, 0.5) is 0 Å². The number of amides is 1. The monoisotopic (exact) mass is 400 g/mol. The van der Waals surface area contributed by atoms with Crippen LogP contribution in [0.15, 0.2) is 53.7 Å². The summed E-state index contributed by atoms with van der Waals surface area (Å²) in [6, 6.07) is 15.3. The number of hydrogen-bond donors (Lipinski definition) is 0. The molecule has 3 rings (SSSR count). The molecule has 2 aromatic carbocycles. The second-order valence-corrected chi connectivity index (χ2v) is 7.54. The molecule has 0 N–H and O–H groups in total. The number of para-hydroxylation sites is 1. The summed E-state index contributed by atoms with van der Waals surface area (Å²) in [7, 11) is 1.64. The van der Waals surface area contributed by atoms with Crippen LogP contribution in [-0.4, -0.2) is 36.3 Å². The van der Waals surface area contributed by atoms with Crippen molar-refractivity contribution in [2.45, 2.75) is 32.9 Å². The van der Waals surface area contributed by atoms with Crippen LogP contribution in [0.1, 0.15) is 31.4 Å². The molecule has 1 atom stereocenters. The van der Waals surface area contributed by atoms with Gasteiger partial charge in [-0.2, -0.15) is 0 Å². The maximum atomic E-state index is 12.8. The van der Waals surface area contributed by atoms with Crippen LogP contribution in [0.3, 0.4) is 0 Å². The molecule has 0 fully saturated rings. The molecular formula is C22H25ClN2O3. The molecule has 0 radical (unpaired) electrons. The maximum Gasteiger partial charge on any atom is 0.225 e. The lowest BCUT2D eigenvalue weighted by atomic mass is 10.0. The summed E-state index contributed by atoms with van der Waals surface area (Å²) in [6.07, 6.45) is 0.412. The van der Waals surface area contributed by atoms with Crippen molar-refractivity contribution in [3.63, 3.8) is 0 Å². The third kappa shape index (κ3) is 4.65. The first-order valence-electron chi connectivity index (χ1n) is 9.38. The van der Waals surface area contributed by atoms with Crippen LogP contribution < -0.4 is 4.74 Å². The first-order valence-corrected chi connectivity index (χ1v) is 9.75. The fourth-order valence-electron chi connectivity index (χ4n) is 3.24. The van der Waals surface area contributed by atoms with Crippen LogP contribution >= 0.6 is 11.6 Å². The quantitative estimate of drug-likeness (QED) is 0.686. The summed E-state index contributed by atoms with van der Waals surface area (Å²) in [5, 5.41) is 4.91. The summed E-state index contributed by atoms with van der Waals surface area (Å²) in [5.41, 5.74) is 2.67. The predicted octanol–water partition coefficient (Wildman–Crippen LogP) is 4.53. The van der Waals surface area contributed by atoms with Crippen LogP contribution in [0.5, 0.6) is 5.75 Å². The van der Waals surface area contributed by atoms with Crippen LogP contribution in [0, 0.1) is 5.92 Å². The van der Waals surface area contributed by atoms with E-state index in [9.17, 15) is 4.79 Å². The first kappa shape index (κ1) is 20.2. The van der Waals surface area contributed by atoms with Gasteiger partial charge in [0.15, 0.2) is 6.10 Å². The topological polar surface area (TPSA) is 51.1 Å². The van der Waals surface area contributed by atoms with E-state index in [-0.39, 0.29) is 17.9 Å². The lowest BCUT2D eigenvalue weighted by Gasteiger charge is -2.27. The van der Waals surface area contributed by atoms with E-state index in [2.05, 4.69) is 5.16 Å². The number of halogens is 1. The number of rotatable bonds is 7. The van der Waals surface area contributed by atoms with Gasteiger partial charge in [-0.15, -0.1) is 0 Å². The summed E-state index contributed by atoms with van der Waals surface area (Å²) < 4.78 is 5.42. The van der Waals surface area contributed by atoms with E-state index >= 15 is 0 Å².